The standard InChI is InChI=1S/C23H19ClN2O4/c1-3-29-23(28)20-21(18-12-15(24)9-11-17(18)22(27)26(20)2)30-13-16-10-8-14-6-4-5-7-19(14)25-16/h4-12H,3,13H2,1-2H3. The first kappa shape index (κ1) is 19.9. The minimum Gasteiger partial charge on any atom is -0.484 e. The molecule has 0 saturated carbocycles. The molecule has 4 aromatic rings. The maximum atomic E-state index is 12.8. The zero-order chi connectivity index (χ0) is 21.3. The maximum Gasteiger partial charge on any atom is 0.358 e. The Kier molecular flexibility index (Phi) is 5.42. The van der Waals surface area contributed by atoms with Crippen LogP contribution in [0.2, 0.25) is 5.02 Å². The number of fused-ring (bicyclic) bond motifs is 2. The van der Waals surface area contributed by atoms with E-state index >= 15 is 0 Å². The third-order valence-corrected chi connectivity index (χ3v) is 5.04. The fourth-order valence-electron chi connectivity index (χ4n) is 3.36. The summed E-state index contributed by atoms with van der Waals surface area (Å²) in [6.45, 7) is 1.98. The summed E-state index contributed by atoms with van der Waals surface area (Å²) in [4.78, 5) is 30.0. The van der Waals surface area contributed by atoms with Crippen molar-refractivity contribution in [1.82, 2.24) is 9.55 Å². The lowest BCUT2D eigenvalue weighted by Crippen LogP contribution is -2.26. The molecule has 0 fully saturated rings. The molecule has 2 heterocycles. The third-order valence-electron chi connectivity index (χ3n) is 4.80. The molecule has 0 radical (unpaired) electrons. The number of rotatable bonds is 5. The molecular weight excluding hydrogens is 404 g/mol. The number of pyridine rings is 2. The van der Waals surface area contributed by atoms with Crippen molar-refractivity contribution in [3.8, 4) is 5.75 Å². The minimum absolute atomic E-state index is 0.0393. The molecule has 7 heteroatoms. The van der Waals surface area contributed by atoms with Gasteiger partial charge < -0.3 is 14.0 Å². The van der Waals surface area contributed by atoms with Crippen LogP contribution in [0.4, 0.5) is 0 Å². The first-order valence-corrected chi connectivity index (χ1v) is 9.84. The van der Waals surface area contributed by atoms with Crippen molar-refractivity contribution in [3.63, 3.8) is 0 Å². The van der Waals surface area contributed by atoms with Gasteiger partial charge in [0.25, 0.3) is 5.56 Å². The van der Waals surface area contributed by atoms with Crippen molar-refractivity contribution in [2.24, 2.45) is 7.05 Å². The molecule has 0 aliphatic rings. The highest BCUT2D eigenvalue weighted by Crippen LogP contribution is 2.31. The number of nitrogens with zero attached hydrogens (tertiary/aromatic N) is 2. The molecule has 0 N–H and O–H groups in total. The van der Waals surface area contributed by atoms with E-state index in [1.54, 1.807) is 25.1 Å². The number of hydrogen-bond donors (Lipinski definition) is 0. The number of hydrogen-bond acceptors (Lipinski definition) is 5. The lowest BCUT2D eigenvalue weighted by Gasteiger charge is -2.17. The van der Waals surface area contributed by atoms with Crippen molar-refractivity contribution in [2.45, 2.75) is 13.5 Å². The molecule has 30 heavy (non-hydrogen) atoms. The second kappa shape index (κ2) is 8.16. The molecule has 0 aliphatic carbocycles. The van der Waals surface area contributed by atoms with E-state index in [1.807, 2.05) is 36.4 Å². The van der Waals surface area contributed by atoms with Crippen LogP contribution in [0.5, 0.6) is 5.75 Å². The van der Waals surface area contributed by atoms with Gasteiger partial charge in [0.05, 0.1) is 23.2 Å². The third kappa shape index (κ3) is 3.62. The molecule has 0 aliphatic heterocycles. The molecule has 0 spiro atoms. The lowest BCUT2D eigenvalue weighted by molar-refractivity contribution is 0.0508. The van der Waals surface area contributed by atoms with Crippen LogP contribution < -0.4 is 10.3 Å². The number of para-hydroxylation sites is 1. The predicted octanol–water partition coefficient (Wildman–Crippen LogP) is 4.50. The zero-order valence-corrected chi connectivity index (χ0v) is 17.3. The Bertz CT molecular complexity index is 1330. The largest absolute Gasteiger partial charge is 0.484 e. The molecule has 2 aromatic heterocycles. The van der Waals surface area contributed by atoms with Crippen LogP contribution in [0.25, 0.3) is 21.7 Å². The van der Waals surface area contributed by atoms with Gasteiger partial charge in [-0.3, -0.25) is 4.79 Å². The van der Waals surface area contributed by atoms with Crippen molar-refractivity contribution < 1.29 is 14.3 Å². The summed E-state index contributed by atoms with van der Waals surface area (Å²) < 4.78 is 12.5. The van der Waals surface area contributed by atoms with Gasteiger partial charge in [-0.1, -0.05) is 35.9 Å². The van der Waals surface area contributed by atoms with E-state index in [0.717, 1.165) is 10.9 Å². The van der Waals surface area contributed by atoms with Gasteiger partial charge in [-0.15, -0.1) is 0 Å². The number of carbonyl (C=O) groups is 1. The van der Waals surface area contributed by atoms with Crippen LogP contribution >= 0.6 is 11.6 Å². The number of carbonyl (C=O) groups excluding carboxylic acids is 1. The molecular formula is C23H19ClN2O4. The van der Waals surface area contributed by atoms with E-state index in [0.29, 0.717) is 21.5 Å². The normalized spacial score (nSPS) is 11.0. The highest BCUT2D eigenvalue weighted by atomic mass is 35.5. The monoisotopic (exact) mass is 422 g/mol. The number of aromatic nitrogens is 2. The predicted molar refractivity (Wildman–Crippen MR) is 116 cm³/mol. The molecule has 0 unspecified atom stereocenters. The van der Waals surface area contributed by atoms with Crippen molar-refractivity contribution in [1.29, 1.82) is 0 Å². The Hall–Kier alpha value is -3.38. The zero-order valence-electron chi connectivity index (χ0n) is 16.5. The highest BCUT2D eigenvalue weighted by molar-refractivity contribution is 6.31. The molecule has 0 saturated heterocycles. The average Bonchev–Trinajstić information content (AvgIpc) is 2.75. The van der Waals surface area contributed by atoms with E-state index in [9.17, 15) is 9.59 Å². The number of ether oxygens (including phenoxy) is 2. The fraction of sp³-hybridized carbons (Fsp3) is 0.174. The van der Waals surface area contributed by atoms with Gasteiger partial charge in [-0.2, -0.15) is 0 Å². The summed E-state index contributed by atoms with van der Waals surface area (Å²) in [6.07, 6.45) is 0. The lowest BCUT2D eigenvalue weighted by atomic mass is 10.1. The Labute approximate surface area is 177 Å². The van der Waals surface area contributed by atoms with E-state index in [1.165, 1.54) is 11.6 Å². The molecule has 0 atom stereocenters. The topological polar surface area (TPSA) is 70.4 Å². The van der Waals surface area contributed by atoms with E-state index in [-0.39, 0.29) is 30.2 Å². The van der Waals surface area contributed by atoms with Gasteiger partial charge >= 0.3 is 5.97 Å². The summed E-state index contributed by atoms with van der Waals surface area (Å²) in [5.74, 6) is -0.400. The first-order chi connectivity index (χ1) is 14.5. The van der Waals surface area contributed by atoms with Crippen LogP contribution in [0.3, 0.4) is 0 Å². The van der Waals surface area contributed by atoms with Gasteiger partial charge in [0.15, 0.2) is 11.4 Å². The Morgan fingerprint density at radius 2 is 1.90 bits per heavy atom. The Morgan fingerprint density at radius 1 is 1.10 bits per heavy atom. The van der Waals surface area contributed by atoms with Gasteiger partial charge in [0, 0.05) is 22.8 Å². The molecule has 0 amide bonds. The van der Waals surface area contributed by atoms with E-state index < -0.39 is 5.97 Å². The number of benzene rings is 2. The van der Waals surface area contributed by atoms with Crippen molar-refractivity contribution in [3.05, 3.63) is 81.4 Å². The van der Waals surface area contributed by atoms with Crippen LogP contribution in [-0.4, -0.2) is 22.1 Å². The Morgan fingerprint density at radius 3 is 2.70 bits per heavy atom. The van der Waals surface area contributed by atoms with Gasteiger partial charge in [-0.25, -0.2) is 9.78 Å². The maximum absolute atomic E-state index is 12.8. The van der Waals surface area contributed by atoms with Gasteiger partial charge in [-0.05, 0) is 37.3 Å². The highest BCUT2D eigenvalue weighted by Gasteiger charge is 2.23. The number of esters is 1. The van der Waals surface area contributed by atoms with Crippen LogP contribution in [-0.2, 0) is 18.4 Å². The van der Waals surface area contributed by atoms with Gasteiger partial charge in [0.2, 0.25) is 0 Å². The second-order valence-electron chi connectivity index (χ2n) is 6.74. The first-order valence-electron chi connectivity index (χ1n) is 9.46. The average molecular weight is 423 g/mol. The van der Waals surface area contributed by atoms with E-state index in [4.69, 9.17) is 21.1 Å². The summed E-state index contributed by atoms with van der Waals surface area (Å²) in [5.41, 5.74) is 1.24. The Balaban J connectivity index is 1.83. The van der Waals surface area contributed by atoms with Gasteiger partial charge in [0.1, 0.15) is 6.61 Å². The van der Waals surface area contributed by atoms with Crippen LogP contribution in [0, 0.1) is 0 Å². The molecule has 4 rings (SSSR count). The summed E-state index contributed by atoms with van der Waals surface area (Å²) >= 11 is 6.17. The van der Waals surface area contributed by atoms with Crippen molar-refractivity contribution in [2.75, 3.05) is 6.61 Å². The molecule has 152 valence electrons. The SMILES string of the molecule is CCOC(=O)c1c(OCc2ccc3ccccc3n2)c2cc(Cl)ccc2c(=O)n1C. The second-order valence-corrected chi connectivity index (χ2v) is 7.17. The van der Waals surface area contributed by atoms with Crippen LogP contribution in [0.1, 0.15) is 23.1 Å². The minimum atomic E-state index is -0.638. The summed E-state index contributed by atoms with van der Waals surface area (Å²) in [7, 11) is 1.52. The molecule has 2 aromatic carbocycles. The summed E-state index contributed by atoms with van der Waals surface area (Å²) in [5, 5.41) is 2.30. The molecule has 0 bridgehead atoms. The van der Waals surface area contributed by atoms with Crippen molar-refractivity contribution >= 4 is 39.2 Å². The van der Waals surface area contributed by atoms with E-state index in [2.05, 4.69) is 4.98 Å². The smallest absolute Gasteiger partial charge is 0.358 e. The van der Waals surface area contributed by atoms with Crippen LogP contribution in [0.15, 0.2) is 59.4 Å². The number of halogens is 1. The quantitative estimate of drug-likeness (QED) is 0.443. The fourth-order valence-corrected chi connectivity index (χ4v) is 3.53. The summed E-state index contributed by atoms with van der Waals surface area (Å²) in [6, 6.07) is 16.5. The molecule has 6 nitrogen and oxygen atoms in total.